The van der Waals surface area contributed by atoms with Crippen molar-refractivity contribution in [2.24, 2.45) is 0 Å². The molecule has 112 valence electrons. The van der Waals surface area contributed by atoms with Crippen LogP contribution < -0.4 is 10.2 Å². The molecule has 2 heterocycles. The first-order valence-corrected chi connectivity index (χ1v) is 7.26. The largest absolute Gasteiger partial charge is 0.380 e. The van der Waals surface area contributed by atoms with E-state index in [2.05, 4.69) is 10.3 Å². The Labute approximate surface area is 120 Å². The molecule has 1 fully saturated rings. The van der Waals surface area contributed by atoms with Crippen molar-refractivity contribution >= 4 is 5.82 Å². The Balaban J connectivity index is 2.13. The van der Waals surface area contributed by atoms with Gasteiger partial charge in [0, 0.05) is 44.5 Å². The first-order valence-electron chi connectivity index (χ1n) is 7.26. The minimum atomic E-state index is -0.211. The number of piperidine rings is 1. The second-order valence-electron chi connectivity index (χ2n) is 5.59. The van der Waals surface area contributed by atoms with Gasteiger partial charge in [-0.2, -0.15) is 0 Å². The summed E-state index contributed by atoms with van der Waals surface area (Å²) < 4.78 is 19.9. The number of pyridine rings is 1. The van der Waals surface area contributed by atoms with Crippen LogP contribution in [0, 0.1) is 5.82 Å². The first kappa shape index (κ1) is 15.2. The highest BCUT2D eigenvalue weighted by Crippen LogP contribution is 2.24. The van der Waals surface area contributed by atoms with Crippen molar-refractivity contribution in [3.8, 4) is 0 Å². The molecule has 5 heteroatoms. The maximum Gasteiger partial charge on any atom is 0.170 e. The highest BCUT2D eigenvalue weighted by Gasteiger charge is 2.23. The van der Waals surface area contributed by atoms with E-state index in [1.807, 2.05) is 18.7 Å². The lowest BCUT2D eigenvalue weighted by Crippen LogP contribution is -2.40. The maximum atomic E-state index is 14.6. The van der Waals surface area contributed by atoms with Crippen molar-refractivity contribution in [2.45, 2.75) is 45.4 Å². The van der Waals surface area contributed by atoms with Crippen LogP contribution in [0.4, 0.5) is 10.2 Å². The average molecular weight is 281 g/mol. The van der Waals surface area contributed by atoms with Crippen LogP contribution >= 0.6 is 0 Å². The summed E-state index contributed by atoms with van der Waals surface area (Å²) in [5.74, 6) is 0.243. The molecule has 1 aromatic rings. The van der Waals surface area contributed by atoms with E-state index in [1.54, 1.807) is 19.4 Å². The van der Waals surface area contributed by atoms with Gasteiger partial charge in [-0.3, -0.25) is 0 Å². The molecular formula is C15H24FN3O. The van der Waals surface area contributed by atoms with Gasteiger partial charge in [-0.05, 0) is 18.9 Å². The molecule has 4 nitrogen and oxygen atoms in total. The van der Waals surface area contributed by atoms with Crippen LogP contribution in [0.5, 0.6) is 0 Å². The van der Waals surface area contributed by atoms with Crippen molar-refractivity contribution in [2.75, 3.05) is 25.1 Å². The van der Waals surface area contributed by atoms with E-state index >= 15 is 0 Å². The highest BCUT2D eigenvalue weighted by molar-refractivity contribution is 5.43. The number of hydrogen-bond donors (Lipinski definition) is 1. The third kappa shape index (κ3) is 3.67. The number of halogens is 1. The third-order valence-corrected chi connectivity index (χ3v) is 3.66. The summed E-state index contributed by atoms with van der Waals surface area (Å²) in [5.41, 5.74) is 0.670. The average Bonchev–Trinajstić information content (AvgIpc) is 2.46. The molecule has 0 saturated carbocycles. The summed E-state index contributed by atoms with van der Waals surface area (Å²) in [4.78, 5) is 6.22. The van der Waals surface area contributed by atoms with Gasteiger partial charge in [-0.25, -0.2) is 9.37 Å². The zero-order valence-corrected chi connectivity index (χ0v) is 12.5. The lowest BCUT2D eigenvalue weighted by molar-refractivity contribution is 0.0889. The maximum absolute atomic E-state index is 14.6. The Morgan fingerprint density at radius 3 is 3.05 bits per heavy atom. The summed E-state index contributed by atoms with van der Waals surface area (Å²) in [6, 6.07) is 2.07. The second kappa shape index (κ2) is 6.99. The molecule has 1 saturated heterocycles. The van der Waals surface area contributed by atoms with Gasteiger partial charge < -0.3 is 15.0 Å². The van der Waals surface area contributed by atoms with Crippen molar-refractivity contribution in [1.29, 1.82) is 0 Å². The third-order valence-electron chi connectivity index (χ3n) is 3.66. The molecular weight excluding hydrogens is 257 g/mol. The molecule has 0 spiro atoms. The van der Waals surface area contributed by atoms with Crippen LogP contribution in [0.25, 0.3) is 0 Å². The number of aromatic nitrogens is 1. The van der Waals surface area contributed by atoms with Crippen LogP contribution in [-0.4, -0.2) is 37.3 Å². The second-order valence-corrected chi connectivity index (χ2v) is 5.59. The smallest absolute Gasteiger partial charge is 0.170 e. The van der Waals surface area contributed by atoms with E-state index in [0.29, 0.717) is 30.5 Å². The van der Waals surface area contributed by atoms with Crippen LogP contribution in [0.15, 0.2) is 12.3 Å². The van der Waals surface area contributed by atoms with Gasteiger partial charge in [-0.1, -0.05) is 13.8 Å². The van der Waals surface area contributed by atoms with E-state index in [-0.39, 0.29) is 11.9 Å². The number of nitrogens with zero attached hydrogens (tertiary/aromatic N) is 2. The van der Waals surface area contributed by atoms with Crippen molar-refractivity contribution < 1.29 is 9.13 Å². The summed E-state index contributed by atoms with van der Waals surface area (Å²) in [6.07, 6.45) is 3.89. The summed E-state index contributed by atoms with van der Waals surface area (Å²) in [5, 5.41) is 3.24. The monoisotopic (exact) mass is 281 g/mol. The number of methoxy groups -OCH3 is 1. The summed E-state index contributed by atoms with van der Waals surface area (Å²) in [7, 11) is 1.71. The molecule has 0 aromatic carbocycles. The van der Waals surface area contributed by atoms with Crippen molar-refractivity contribution in [3.63, 3.8) is 0 Å². The predicted molar refractivity (Wildman–Crippen MR) is 78.4 cm³/mol. The van der Waals surface area contributed by atoms with E-state index in [1.165, 1.54) is 0 Å². The van der Waals surface area contributed by atoms with Gasteiger partial charge in [0.1, 0.15) is 0 Å². The van der Waals surface area contributed by atoms with E-state index in [4.69, 9.17) is 4.74 Å². The fourth-order valence-corrected chi connectivity index (χ4v) is 2.47. The van der Waals surface area contributed by atoms with Gasteiger partial charge in [0.25, 0.3) is 0 Å². The molecule has 1 aliphatic heterocycles. The fraction of sp³-hybridized carbons (Fsp3) is 0.667. The Hall–Kier alpha value is -1.20. The number of anilines is 1. The van der Waals surface area contributed by atoms with Crippen LogP contribution in [0.3, 0.4) is 0 Å². The van der Waals surface area contributed by atoms with Crippen LogP contribution in [0.2, 0.25) is 0 Å². The standard InChI is InChI=1S/C15H24FN3O/c1-11(2)18-9-12-6-7-17-15(14(12)16)19-8-4-5-13(10-19)20-3/h6-7,11,13,18H,4-5,8-10H2,1-3H3. The quantitative estimate of drug-likeness (QED) is 0.899. The van der Waals surface area contributed by atoms with Gasteiger partial charge in [0.2, 0.25) is 0 Å². The Kier molecular flexibility index (Phi) is 5.31. The Morgan fingerprint density at radius 2 is 2.35 bits per heavy atom. The predicted octanol–water partition coefficient (Wildman–Crippen LogP) is 2.33. The number of rotatable bonds is 5. The minimum absolute atomic E-state index is 0.169. The minimum Gasteiger partial charge on any atom is -0.380 e. The Bertz CT molecular complexity index is 439. The van der Waals surface area contributed by atoms with Gasteiger partial charge in [0.15, 0.2) is 11.6 Å². The van der Waals surface area contributed by atoms with Gasteiger partial charge in [-0.15, -0.1) is 0 Å². The number of hydrogen-bond acceptors (Lipinski definition) is 4. The molecule has 0 aliphatic carbocycles. The molecule has 20 heavy (non-hydrogen) atoms. The topological polar surface area (TPSA) is 37.4 Å². The Morgan fingerprint density at radius 1 is 1.55 bits per heavy atom. The van der Waals surface area contributed by atoms with Crippen molar-refractivity contribution in [3.05, 3.63) is 23.6 Å². The zero-order chi connectivity index (χ0) is 14.5. The van der Waals surface area contributed by atoms with Gasteiger partial charge >= 0.3 is 0 Å². The van der Waals surface area contributed by atoms with Crippen LogP contribution in [0.1, 0.15) is 32.3 Å². The molecule has 1 aliphatic rings. The molecule has 1 atom stereocenters. The zero-order valence-electron chi connectivity index (χ0n) is 12.5. The molecule has 1 aromatic heterocycles. The summed E-state index contributed by atoms with van der Waals surface area (Å²) >= 11 is 0. The number of nitrogens with one attached hydrogen (secondary N) is 1. The van der Waals surface area contributed by atoms with Crippen LogP contribution in [-0.2, 0) is 11.3 Å². The highest BCUT2D eigenvalue weighted by atomic mass is 19.1. The van der Waals surface area contributed by atoms with Crippen molar-refractivity contribution in [1.82, 2.24) is 10.3 Å². The van der Waals surface area contributed by atoms with E-state index < -0.39 is 0 Å². The molecule has 2 rings (SSSR count). The molecule has 0 radical (unpaired) electrons. The van der Waals surface area contributed by atoms with E-state index in [9.17, 15) is 4.39 Å². The first-order chi connectivity index (χ1) is 9.61. The fourth-order valence-electron chi connectivity index (χ4n) is 2.47. The molecule has 0 bridgehead atoms. The van der Waals surface area contributed by atoms with Gasteiger partial charge in [0.05, 0.1) is 6.10 Å². The number of ether oxygens (including phenoxy) is 1. The molecule has 0 amide bonds. The normalized spacial score (nSPS) is 19.6. The lowest BCUT2D eigenvalue weighted by Gasteiger charge is -2.33. The SMILES string of the molecule is COC1CCCN(c2nccc(CNC(C)C)c2F)C1. The molecule has 1 unspecified atom stereocenters. The molecule has 1 N–H and O–H groups in total. The lowest BCUT2D eigenvalue weighted by atomic mass is 10.1. The summed E-state index contributed by atoms with van der Waals surface area (Å²) in [6.45, 7) is 6.18. The van der Waals surface area contributed by atoms with E-state index in [0.717, 1.165) is 19.4 Å².